The molecular weight excluding hydrogens is 296 g/mol. The van der Waals surface area contributed by atoms with E-state index in [0.29, 0.717) is 11.2 Å². The standard InChI is InChI=1S/C14H24O4S2/c1-13(2)15-8-9(16-13)10-11(18-14(3,4)17-10)12-19-6-5-7-20-12/h9-12H,5-8H2,1-4H3/t9-,10-,11+/m0/s1. The number of hydrogen-bond donors (Lipinski definition) is 0. The first-order valence-electron chi connectivity index (χ1n) is 7.27. The summed E-state index contributed by atoms with van der Waals surface area (Å²) < 4.78 is 24.5. The van der Waals surface area contributed by atoms with Crippen LogP contribution in [0.25, 0.3) is 0 Å². The molecule has 0 bridgehead atoms. The van der Waals surface area contributed by atoms with Crippen LogP contribution in [0, 0.1) is 0 Å². The van der Waals surface area contributed by atoms with Gasteiger partial charge in [0.05, 0.1) is 11.2 Å². The van der Waals surface area contributed by atoms with Crippen LogP contribution >= 0.6 is 23.5 Å². The van der Waals surface area contributed by atoms with Crippen molar-refractivity contribution < 1.29 is 18.9 Å². The van der Waals surface area contributed by atoms with Gasteiger partial charge in [0.15, 0.2) is 11.6 Å². The van der Waals surface area contributed by atoms with Crippen molar-refractivity contribution in [3.8, 4) is 0 Å². The summed E-state index contributed by atoms with van der Waals surface area (Å²) >= 11 is 3.97. The molecule has 3 aliphatic rings. The Morgan fingerprint density at radius 3 is 2.10 bits per heavy atom. The van der Waals surface area contributed by atoms with Crippen LogP contribution in [0.2, 0.25) is 0 Å². The van der Waals surface area contributed by atoms with E-state index in [0.717, 1.165) is 0 Å². The summed E-state index contributed by atoms with van der Waals surface area (Å²) in [7, 11) is 0. The smallest absolute Gasteiger partial charge is 0.163 e. The van der Waals surface area contributed by atoms with Crippen LogP contribution in [0.15, 0.2) is 0 Å². The van der Waals surface area contributed by atoms with E-state index >= 15 is 0 Å². The lowest BCUT2D eigenvalue weighted by Crippen LogP contribution is -2.42. The molecule has 3 saturated heterocycles. The number of rotatable bonds is 2. The molecule has 0 aliphatic carbocycles. The minimum atomic E-state index is -0.538. The molecule has 0 N–H and O–H groups in total. The fourth-order valence-corrected chi connectivity index (χ4v) is 5.92. The van der Waals surface area contributed by atoms with Crippen LogP contribution in [-0.2, 0) is 18.9 Å². The van der Waals surface area contributed by atoms with E-state index in [1.165, 1.54) is 17.9 Å². The summed E-state index contributed by atoms with van der Waals surface area (Å²) in [6, 6.07) is 0. The molecule has 3 fully saturated rings. The van der Waals surface area contributed by atoms with Crippen molar-refractivity contribution >= 4 is 23.5 Å². The van der Waals surface area contributed by atoms with Crippen molar-refractivity contribution in [1.82, 2.24) is 0 Å². The van der Waals surface area contributed by atoms with Gasteiger partial charge in [-0.3, -0.25) is 0 Å². The van der Waals surface area contributed by atoms with E-state index in [1.54, 1.807) is 0 Å². The maximum atomic E-state index is 6.18. The van der Waals surface area contributed by atoms with E-state index < -0.39 is 11.6 Å². The summed E-state index contributed by atoms with van der Waals surface area (Å²) in [6.07, 6.45) is 1.27. The second-order valence-corrected chi connectivity index (χ2v) is 9.19. The Hall–Kier alpha value is 0.540. The summed E-state index contributed by atoms with van der Waals surface area (Å²) in [5.41, 5.74) is 0. The quantitative estimate of drug-likeness (QED) is 0.779. The molecule has 0 saturated carbocycles. The summed E-state index contributed by atoms with van der Waals surface area (Å²) in [4.78, 5) is 0. The maximum absolute atomic E-state index is 6.18. The van der Waals surface area contributed by atoms with E-state index in [9.17, 15) is 0 Å². The van der Waals surface area contributed by atoms with Gasteiger partial charge in [-0.1, -0.05) is 0 Å². The lowest BCUT2D eigenvalue weighted by molar-refractivity contribution is -0.174. The largest absolute Gasteiger partial charge is 0.348 e. The molecule has 3 aliphatic heterocycles. The van der Waals surface area contributed by atoms with Crippen LogP contribution in [0.4, 0.5) is 0 Å². The van der Waals surface area contributed by atoms with Crippen LogP contribution in [0.1, 0.15) is 34.1 Å². The van der Waals surface area contributed by atoms with Gasteiger partial charge in [0.25, 0.3) is 0 Å². The molecule has 0 aromatic rings. The fourth-order valence-electron chi connectivity index (χ4n) is 2.89. The average molecular weight is 320 g/mol. The Morgan fingerprint density at radius 1 is 0.850 bits per heavy atom. The minimum Gasteiger partial charge on any atom is -0.348 e. The van der Waals surface area contributed by atoms with E-state index in [1.807, 2.05) is 51.2 Å². The summed E-state index contributed by atoms with van der Waals surface area (Å²) in [6.45, 7) is 8.45. The minimum absolute atomic E-state index is 0.0418. The van der Waals surface area contributed by atoms with E-state index in [4.69, 9.17) is 18.9 Å². The normalized spacial score (nSPS) is 41.1. The van der Waals surface area contributed by atoms with Crippen LogP contribution in [0.5, 0.6) is 0 Å². The second kappa shape index (κ2) is 5.63. The molecule has 20 heavy (non-hydrogen) atoms. The van der Waals surface area contributed by atoms with Gasteiger partial charge in [0, 0.05) is 0 Å². The third kappa shape index (κ3) is 3.31. The predicted octanol–water partition coefficient (Wildman–Crippen LogP) is 2.85. The monoisotopic (exact) mass is 320 g/mol. The zero-order valence-electron chi connectivity index (χ0n) is 12.6. The lowest BCUT2D eigenvalue weighted by Gasteiger charge is -2.30. The van der Waals surface area contributed by atoms with E-state index in [-0.39, 0.29) is 18.3 Å². The Kier molecular flexibility index (Phi) is 4.35. The van der Waals surface area contributed by atoms with Crippen molar-refractivity contribution in [2.75, 3.05) is 18.1 Å². The topological polar surface area (TPSA) is 36.9 Å². The van der Waals surface area contributed by atoms with Gasteiger partial charge < -0.3 is 18.9 Å². The first-order valence-corrected chi connectivity index (χ1v) is 9.37. The third-order valence-electron chi connectivity index (χ3n) is 3.68. The molecule has 116 valence electrons. The zero-order valence-corrected chi connectivity index (χ0v) is 14.2. The summed E-state index contributed by atoms with van der Waals surface area (Å²) in [5, 5.41) is 0. The van der Waals surface area contributed by atoms with Crippen molar-refractivity contribution in [3.63, 3.8) is 0 Å². The molecule has 3 atom stereocenters. The molecule has 0 amide bonds. The van der Waals surface area contributed by atoms with Gasteiger partial charge >= 0.3 is 0 Å². The Bertz CT molecular complexity index is 355. The van der Waals surface area contributed by atoms with Gasteiger partial charge in [-0.05, 0) is 45.6 Å². The van der Waals surface area contributed by atoms with Crippen molar-refractivity contribution in [1.29, 1.82) is 0 Å². The predicted molar refractivity (Wildman–Crippen MR) is 82.1 cm³/mol. The van der Waals surface area contributed by atoms with Gasteiger partial charge in [-0.2, -0.15) is 0 Å². The van der Waals surface area contributed by atoms with Gasteiger partial charge in [0.1, 0.15) is 18.3 Å². The molecule has 3 rings (SSSR count). The number of thioether (sulfide) groups is 2. The highest BCUT2D eigenvalue weighted by molar-refractivity contribution is 8.17. The molecule has 0 spiro atoms. The lowest BCUT2D eigenvalue weighted by atomic mass is 10.1. The molecule has 0 unspecified atom stereocenters. The van der Waals surface area contributed by atoms with Gasteiger partial charge in [-0.25, -0.2) is 0 Å². The molecular formula is C14H24O4S2. The molecule has 4 nitrogen and oxygen atoms in total. The van der Waals surface area contributed by atoms with Gasteiger partial charge in [0.2, 0.25) is 0 Å². The fraction of sp³-hybridized carbons (Fsp3) is 1.00. The highest BCUT2D eigenvalue weighted by Gasteiger charge is 2.52. The Labute approximate surface area is 129 Å². The van der Waals surface area contributed by atoms with Crippen LogP contribution < -0.4 is 0 Å². The average Bonchev–Trinajstić information content (AvgIpc) is 2.90. The van der Waals surface area contributed by atoms with Crippen LogP contribution in [0.3, 0.4) is 0 Å². The summed E-state index contributed by atoms with van der Waals surface area (Å²) in [5.74, 6) is 1.36. The third-order valence-corrected chi connectivity index (χ3v) is 6.74. The first kappa shape index (κ1) is 15.4. The SMILES string of the molecule is CC1(C)OC[C@@H]([C@@H]2OC(C)(C)O[C@H]2C2SCCCS2)O1. The number of ether oxygens (including phenoxy) is 4. The number of hydrogen-bond acceptors (Lipinski definition) is 6. The highest BCUT2D eigenvalue weighted by Crippen LogP contribution is 2.44. The Morgan fingerprint density at radius 2 is 1.50 bits per heavy atom. The molecule has 0 aromatic carbocycles. The Balaban J connectivity index is 1.73. The second-order valence-electron chi connectivity index (χ2n) is 6.40. The van der Waals surface area contributed by atoms with Gasteiger partial charge in [-0.15, -0.1) is 23.5 Å². The molecule has 0 radical (unpaired) electrons. The van der Waals surface area contributed by atoms with Crippen molar-refractivity contribution in [2.45, 2.75) is 68.6 Å². The van der Waals surface area contributed by atoms with Crippen molar-refractivity contribution in [2.24, 2.45) is 0 Å². The zero-order chi connectivity index (χ0) is 14.4. The maximum Gasteiger partial charge on any atom is 0.163 e. The highest BCUT2D eigenvalue weighted by atomic mass is 32.2. The van der Waals surface area contributed by atoms with Crippen LogP contribution in [-0.4, -0.2) is 52.6 Å². The van der Waals surface area contributed by atoms with Crippen molar-refractivity contribution in [3.05, 3.63) is 0 Å². The molecule has 6 heteroatoms. The van der Waals surface area contributed by atoms with E-state index in [2.05, 4.69) is 0 Å². The molecule has 3 heterocycles. The molecule has 0 aromatic heterocycles. The first-order chi connectivity index (χ1) is 9.36.